The van der Waals surface area contributed by atoms with Crippen LogP contribution >= 0.6 is 0 Å². The van der Waals surface area contributed by atoms with Crippen molar-refractivity contribution in [3.63, 3.8) is 0 Å². The first-order valence-electron chi connectivity index (χ1n) is 8.87. The van der Waals surface area contributed by atoms with E-state index < -0.39 is 29.6 Å². The molecule has 0 aliphatic heterocycles. The molecule has 30 heavy (non-hydrogen) atoms. The Hall–Kier alpha value is -4.17. The molecule has 0 radical (unpaired) electrons. The van der Waals surface area contributed by atoms with Gasteiger partial charge in [-0.1, -0.05) is 48.5 Å². The molecule has 0 saturated carbocycles. The molecule has 3 rings (SSSR count). The highest BCUT2D eigenvalue weighted by atomic mass is 16.4. The molecule has 1 atom stereocenters. The lowest BCUT2D eigenvalue weighted by molar-refractivity contribution is 0.0696. The van der Waals surface area contributed by atoms with Crippen LogP contribution in [-0.2, 0) is 0 Å². The maximum absolute atomic E-state index is 12.5. The molecule has 0 aromatic heterocycles. The first kappa shape index (κ1) is 20.6. The summed E-state index contributed by atoms with van der Waals surface area (Å²) in [6.45, 7) is 0. The summed E-state index contributed by atoms with van der Waals surface area (Å²) < 4.78 is 0. The van der Waals surface area contributed by atoms with E-state index in [4.69, 9.17) is 0 Å². The van der Waals surface area contributed by atoms with Crippen LogP contribution in [0.3, 0.4) is 0 Å². The molecule has 0 spiro atoms. The molecular formula is C22H18N2O6. The molecular weight excluding hydrogens is 388 g/mol. The third-order valence-electron chi connectivity index (χ3n) is 4.31. The first-order chi connectivity index (χ1) is 14.4. The summed E-state index contributed by atoms with van der Waals surface area (Å²) in [4.78, 5) is 35.8. The number of anilines is 2. The van der Waals surface area contributed by atoms with E-state index in [1.807, 2.05) is 0 Å². The van der Waals surface area contributed by atoms with Gasteiger partial charge in [-0.3, -0.25) is 4.79 Å². The van der Waals surface area contributed by atoms with Crippen LogP contribution in [0.25, 0.3) is 0 Å². The number of carboxylic acids is 2. The van der Waals surface area contributed by atoms with E-state index in [2.05, 4.69) is 10.6 Å². The Labute approximate surface area is 171 Å². The highest BCUT2D eigenvalue weighted by Gasteiger charge is 2.22. The van der Waals surface area contributed by atoms with E-state index in [0.717, 1.165) is 6.07 Å². The number of aliphatic hydroxyl groups excluding tert-OH is 1. The smallest absolute Gasteiger partial charge is 0.337 e. The molecule has 0 fully saturated rings. The zero-order valence-electron chi connectivity index (χ0n) is 15.6. The third-order valence-corrected chi connectivity index (χ3v) is 4.31. The van der Waals surface area contributed by atoms with Gasteiger partial charge >= 0.3 is 11.9 Å². The number of carboxylic acid groups (broad SMARTS) is 2. The Bertz CT molecular complexity index is 1080. The Kier molecular flexibility index (Phi) is 6.09. The van der Waals surface area contributed by atoms with Crippen LogP contribution in [0.2, 0.25) is 0 Å². The lowest BCUT2D eigenvalue weighted by atomic mass is 10.0. The van der Waals surface area contributed by atoms with Gasteiger partial charge in [-0.2, -0.15) is 0 Å². The average Bonchev–Trinajstić information content (AvgIpc) is 2.74. The molecule has 0 heterocycles. The van der Waals surface area contributed by atoms with Gasteiger partial charge in [0, 0.05) is 11.1 Å². The van der Waals surface area contributed by atoms with E-state index in [0.29, 0.717) is 11.1 Å². The van der Waals surface area contributed by atoms with Crippen molar-refractivity contribution in [2.45, 2.75) is 6.23 Å². The van der Waals surface area contributed by atoms with Crippen LogP contribution in [0.15, 0.2) is 72.8 Å². The quantitative estimate of drug-likeness (QED) is 0.379. The number of benzene rings is 3. The highest BCUT2D eigenvalue weighted by molar-refractivity contribution is 6.09. The second-order valence-corrected chi connectivity index (χ2v) is 6.33. The fourth-order valence-electron chi connectivity index (χ4n) is 2.83. The average molecular weight is 406 g/mol. The summed E-state index contributed by atoms with van der Waals surface area (Å²) >= 11 is 0. The summed E-state index contributed by atoms with van der Waals surface area (Å²) in [6.07, 6.45) is -1.25. The largest absolute Gasteiger partial charge is 0.478 e. The Balaban J connectivity index is 2.01. The summed E-state index contributed by atoms with van der Waals surface area (Å²) in [5, 5.41) is 34.5. The molecule has 0 bridgehead atoms. The van der Waals surface area contributed by atoms with Gasteiger partial charge in [0.2, 0.25) is 0 Å². The lowest BCUT2D eigenvalue weighted by Crippen LogP contribution is -2.18. The van der Waals surface area contributed by atoms with Crippen molar-refractivity contribution < 1.29 is 29.7 Å². The number of carbonyl (C=O) groups excluding carboxylic acids is 1. The second kappa shape index (κ2) is 8.89. The molecule has 3 aromatic rings. The van der Waals surface area contributed by atoms with Gasteiger partial charge in [0.05, 0.1) is 22.5 Å². The number of aliphatic hydroxyl groups is 1. The molecule has 1 amide bonds. The predicted octanol–water partition coefficient (Wildman–Crippen LogP) is 3.44. The van der Waals surface area contributed by atoms with Crippen LogP contribution < -0.4 is 10.6 Å². The molecule has 1 unspecified atom stereocenters. The fraction of sp³-hybridized carbons (Fsp3) is 0.0455. The van der Waals surface area contributed by atoms with Crippen LogP contribution in [0.4, 0.5) is 11.4 Å². The lowest BCUT2D eigenvalue weighted by Gasteiger charge is -2.19. The minimum absolute atomic E-state index is 0.0489. The third kappa shape index (κ3) is 4.62. The van der Waals surface area contributed by atoms with Crippen LogP contribution in [0.1, 0.15) is 42.9 Å². The second-order valence-electron chi connectivity index (χ2n) is 6.33. The van der Waals surface area contributed by atoms with Crippen molar-refractivity contribution in [2.24, 2.45) is 0 Å². The van der Waals surface area contributed by atoms with E-state index >= 15 is 0 Å². The first-order valence-corrected chi connectivity index (χ1v) is 8.87. The molecule has 5 N–H and O–H groups in total. The summed E-state index contributed by atoms with van der Waals surface area (Å²) in [6, 6.07) is 18.7. The normalized spacial score (nSPS) is 11.4. The Morgan fingerprint density at radius 1 is 0.733 bits per heavy atom. The molecule has 0 saturated heterocycles. The summed E-state index contributed by atoms with van der Waals surface area (Å²) in [7, 11) is 0. The fourth-order valence-corrected chi connectivity index (χ4v) is 2.83. The van der Waals surface area contributed by atoms with Crippen molar-refractivity contribution in [2.75, 3.05) is 10.6 Å². The molecule has 8 nitrogen and oxygen atoms in total. The van der Waals surface area contributed by atoms with Crippen molar-refractivity contribution in [3.05, 3.63) is 95.1 Å². The highest BCUT2D eigenvalue weighted by Crippen LogP contribution is 2.29. The maximum atomic E-state index is 12.5. The monoisotopic (exact) mass is 406 g/mol. The van der Waals surface area contributed by atoms with Gasteiger partial charge in [-0.25, -0.2) is 9.59 Å². The van der Waals surface area contributed by atoms with Gasteiger partial charge in [0.25, 0.3) is 5.91 Å². The minimum atomic E-state index is -1.41. The number of nitrogens with one attached hydrogen (secondary N) is 2. The number of hydrogen-bond acceptors (Lipinski definition) is 5. The van der Waals surface area contributed by atoms with Gasteiger partial charge in [-0.05, 0) is 24.3 Å². The molecule has 152 valence electrons. The maximum Gasteiger partial charge on any atom is 0.337 e. The predicted molar refractivity (Wildman–Crippen MR) is 110 cm³/mol. The standard InChI is InChI=1S/C22H18N2O6/c25-19(13-7-3-1-4-8-13)23-17-12-18(16(22(29)30)11-15(17)21(27)28)24-20(26)14-9-5-2-6-10-14/h1-12,19,23,25H,(H,24,26)(H,27,28)(H,29,30). The van der Waals surface area contributed by atoms with E-state index in [1.165, 1.54) is 6.07 Å². The number of rotatable bonds is 7. The SMILES string of the molecule is O=C(Nc1cc(NC(O)c2ccccc2)c(C(=O)O)cc1C(=O)O)c1ccccc1. The van der Waals surface area contributed by atoms with E-state index in [9.17, 15) is 29.7 Å². The summed E-state index contributed by atoms with van der Waals surface area (Å²) in [5.41, 5.74) is -0.131. The van der Waals surface area contributed by atoms with E-state index in [1.54, 1.807) is 60.7 Å². The van der Waals surface area contributed by atoms with Gasteiger partial charge in [0.15, 0.2) is 6.23 Å². The number of hydrogen-bond donors (Lipinski definition) is 5. The van der Waals surface area contributed by atoms with Crippen LogP contribution in [-0.4, -0.2) is 33.2 Å². The van der Waals surface area contributed by atoms with Crippen LogP contribution in [0.5, 0.6) is 0 Å². The Morgan fingerprint density at radius 2 is 1.27 bits per heavy atom. The topological polar surface area (TPSA) is 136 Å². The number of amides is 1. The van der Waals surface area contributed by atoms with Gasteiger partial charge in [0.1, 0.15) is 0 Å². The van der Waals surface area contributed by atoms with Crippen LogP contribution in [0, 0.1) is 0 Å². The van der Waals surface area contributed by atoms with Crippen molar-refractivity contribution >= 4 is 29.2 Å². The number of aromatic carboxylic acids is 2. The Morgan fingerprint density at radius 3 is 1.83 bits per heavy atom. The van der Waals surface area contributed by atoms with Crippen molar-refractivity contribution in [3.8, 4) is 0 Å². The zero-order valence-corrected chi connectivity index (χ0v) is 15.6. The zero-order chi connectivity index (χ0) is 21.7. The van der Waals surface area contributed by atoms with Crippen molar-refractivity contribution in [1.29, 1.82) is 0 Å². The minimum Gasteiger partial charge on any atom is -0.478 e. The van der Waals surface area contributed by atoms with Gasteiger partial charge in [-0.15, -0.1) is 0 Å². The van der Waals surface area contributed by atoms with Crippen molar-refractivity contribution in [1.82, 2.24) is 0 Å². The number of carbonyl (C=O) groups is 3. The van der Waals surface area contributed by atoms with Gasteiger partial charge < -0.3 is 26.0 Å². The molecule has 0 aliphatic carbocycles. The molecule has 8 heteroatoms. The summed E-state index contributed by atoms with van der Waals surface area (Å²) in [5.74, 6) is -3.35. The molecule has 3 aromatic carbocycles. The molecule has 0 aliphatic rings. The van der Waals surface area contributed by atoms with E-state index in [-0.39, 0.29) is 16.9 Å².